The summed E-state index contributed by atoms with van der Waals surface area (Å²) in [4.78, 5) is 9.71. The molecule has 0 unspecified atom stereocenters. The molecule has 16 rings (SSSR count). The molecular formula is C75H57BClIN2O2S2. The minimum atomic E-state index is -1.52. The molecule has 0 saturated carbocycles. The van der Waals surface area contributed by atoms with E-state index in [0.29, 0.717) is 5.46 Å². The number of hydrogen-bond donors (Lipinski definition) is 2. The summed E-state index contributed by atoms with van der Waals surface area (Å²) in [6, 6.07) is 88.6. The zero-order valence-corrected chi connectivity index (χ0v) is 49.8. The van der Waals surface area contributed by atoms with Gasteiger partial charge in [-0.25, -0.2) is 9.97 Å². The highest BCUT2D eigenvalue weighted by atomic mass is 127. The van der Waals surface area contributed by atoms with Gasteiger partial charge in [0.1, 0.15) is 0 Å². The lowest BCUT2D eigenvalue weighted by molar-refractivity contribution is 0.425. The van der Waals surface area contributed by atoms with Gasteiger partial charge in [-0.15, -0.1) is 46.7 Å². The highest BCUT2D eigenvalue weighted by Gasteiger charge is 2.24. The van der Waals surface area contributed by atoms with Crippen molar-refractivity contribution < 1.29 is 10.0 Å². The Balaban J connectivity index is 0.000000132. The molecule has 4 heterocycles. The van der Waals surface area contributed by atoms with Crippen LogP contribution < -0.4 is 5.46 Å². The molecule has 0 amide bonds. The molecule has 14 aromatic rings. The fraction of sp³-hybridized carbons (Fsp3) is 0.0667. The number of pyridine rings is 2. The Morgan fingerprint density at radius 2 is 0.726 bits per heavy atom. The van der Waals surface area contributed by atoms with Crippen LogP contribution in [0.5, 0.6) is 0 Å². The Morgan fingerprint density at radius 3 is 1.17 bits per heavy atom. The number of aryl methyl sites for hydroxylation is 4. The van der Waals surface area contributed by atoms with Gasteiger partial charge in [-0.2, -0.15) is 0 Å². The number of thiophene rings is 2. The second kappa shape index (κ2) is 24.6. The van der Waals surface area contributed by atoms with E-state index >= 15 is 0 Å². The maximum Gasteiger partial charge on any atom is 0.488 e. The van der Waals surface area contributed by atoms with Crippen LogP contribution in [0.4, 0.5) is 0 Å². The van der Waals surface area contributed by atoms with Crippen LogP contribution in [-0.4, -0.2) is 27.1 Å². The van der Waals surface area contributed by atoms with Crippen LogP contribution in [0.25, 0.3) is 119 Å². The Kier molecular flexibility index (Phi) is 16.6. The van der Waals surface area contributed by atoms with Gasteiger partial charge < -0.3 is 10.0 Å². The molecule has 4 nitrogen and oxygen atoms in total. The van der Waals surface area contributed by atoms with Gasteiger partial charge in [0.2, 0.25) is 0 Å². The summed E-state index contributed by atoms with van der Waals surface area (Å²) in [7, 11) is -1.52. The van der Waals surface area contributed by atoms with Gasteiger partial charge in [-0.3, -0.25) is 0 Å². The number of halogens is 2. The van der Waals surface area contributed by atoms with Crippen LogP contribution in [0.1, 0.15) is 29.7 Å². The number of nitrogens with zero attached hydrogens (tertiary/aromatic N) is 2. The summed E-state index contributed by atoms with van der Waals surface area (Å²) in [5.74, 6) is 0. The van der Waals surface area contributed by atoms with E-state index in [1.807, 2.05) is 89.4 Å². The highest BCUT2D eigenvalue weighted by Crippen LogP contribution is 2.48. The minimum absolute atomic E-state index is 0. The van der Waals surface area contributed by atoms with Crippen molar-refractivity contribution in [2.24, 2.45) is 0 Å². The summed E-state index contributed by atoms with van der Waals surface area (Å²) >= 11 is 9.99. The van der Waals surface area contributed by atoms with Gasteiger partial charge >= 0.3 is 7.12 Å². The average molecular weight is 1260 g/mol. The van der Waals surface area contributed by atoms with E-state index in [4.69, 9.17) is 16.6 Å². The zero-order valence-electron chi connectivity index (χ0n) is 45.0. The molecule has 0 atom stereocenters. The fourth-order valence-corrected chi connectivity index (χ4v) is 14.4. The summed E-state index contributed by atoms with van der Waals surface area (Å²) in [6.07, 6.45) is 4.32. The molecule has 0 bridgehead atoms. The molecular weight excluding hydrogens is 1200 g/mol. The van der Waals surface area contributed by atoms with Crippen LogP contribution in [0, 0.1) is 0 Å². The smallest absolute Gasteiger partial charge is 0.423 e. The third-order valence-corrected chi connectivity index (χ3v) is 18.4. The van der Waals surface area contributed by atoms with Crippen LogP contribution in [0.2, 0.25) is 5.02 Å². The molecule has 4 aromatic heterocycles. The fourth-order valence-electron chi connectivity index (χ4n) is 12.0. The van der Waals surface area contributed by atoms with E-state index in [1.165, 1.54) is 96.0 Å². The van der Waals surface area contributed by atoms with Gasteiger partial charge in [0.05, 0.1) is 22.8 Å². The van der Waals surface area contributed by atoms with Gasteiger partial charge in [0, 0.05) is 67.6 Å². The van der Waals surface area contributed by atoms with Gasteiger partial charge in [-0.1, -0.05) is 213 Å². The van der Waals surface area contributed by atoms with Crippen molar-refractivity contribution in [2.45, 2.75) is 33.1 Å². The Hall–Kier alpha value is -8.06. The molecule has 0 radical (unpaired) electrons. The minimum Gasteiger partial charge on any atom is -0.423 e. The first kappa shape index (κ1) is 56.4. The molecule has 408 valence electrons. The third kappa shape index (κ3) is 11.1. The largest absolute Gasteiger partial charge is 0.488 e. The first-order valence-corrected chi connectivity index (χ1v) is 29.8. The summed E-state index contributed by atoms with van der Waals surface area (Å²) < 4.78 is 5.49. The van der Waals surface area contributed by atoms with E-state index in [9.17, 15) is 10.0 Å². The summed E-state index contributed by atoms with van der Waals surface area (Å²) in [5.41, 5.74) is 21.8. The van der Waals surface area contributed by atoms with Crippen molar-refractivity contribution >= 4 is 111 Å². The predicted octanol–water partition coefficient (Wildman–Crippen LogP) is 20.0. The lowest BCUT2D eigenvalue weighted by Crippen LogP contribution is -2.30. The summed E-state index contributed by atoms with van der Waals surface area (Å²) in [5, 5.41) is 25.4. The van der Waals surface area contributed by atoms with E-state index in [1.54, 1.807) is 12.1 Å². The molecule has 0 spiro atoms. The normalized spacial score (nSPS) is 11.8. The van der Waals surface area contributed by atoms with Crippen molar-refractivity contribution in [3.63, 3.8) is 0 Å². The molecule has 0 aliphatic heterocycles. The quantitative estimate of drug-likeness (QED) is 0.129. The number of aromatic nitrogens is 2. The molecule has 2 N–H and O–H groups in total. The summed E-state index contributed by atoms with van der Waals surface area (Å²) in [6.45, 7) is 0. The first-order chi connectivity index (χ1) is 40.4. The molecule has 0 saturated heterocycles. The van der Waals surface area contributed by atoms with Crippen LogP contribution in [0.3, 0.4) is 0 Å². The lowest BCUT2D eigenvalue weighted by Gasteiger charge is -2.22. The van der Waals surface area contributed by atoms with Crippen molar-refractivity contribution in [1.82, 2.24) is 9.97 Å². The highest BCUT2D eigenvalue weighted by molar-refractivity contribution is 14.0. The van der Waals surface area contributed by atoms with E-state index in [2.05, 4.69) is 181 Å². The molecule has 2 aliphatic rings. The standard InChI is InChI=1S/C37H25NS.C20H13ClS.C17H14BNO2.CH4.HI/c1-3-9-24(10-4-1)32-22-29(23-33(38-32)25-11-5-2-6-12-25)27-17-19-30-28(21-27)16-15-26-18-20-35-37(36(26)30)31-13-7-8-14-34(31)39-35;21-14-8-9-15-13(11-14)6-5-12-7-10-18-20(19(12)15)16-3-1-2-4-17(16)22-18;20-18(21)15-11-16(13-7-3-1-4-8-13)19-17(12-15)14-9-5-2-6-10-14;;/h1-14,17-23H,15-16H2;1-4,7-11H,5-6H2;1-12,20-21H;1H4;1H. The number of hydrogen-bond acceptors (Lipinski definition) is 6. The monoisotopic (exact) mass is 1250 g/mol. The second-order valence-corrected chi connectivity index (χ2v) is 23.6. The van der Waals surface area contributed by atoms with Gasteiger partial charge in [-0.05, 0) is 147 Å². The van der Waals surface area contributed by atoms with E-state index in [0.717, 1.165) is 75.7 Å². The van der Waals surface area contributed by atoms with Crippen molar-refractivity contribution in [3.8, 4) is 78.4 Å². The maximum absolute atomic E-state index is 9.49. The predicted molar refractivity (Wildman–Crippen MR) is 371 cm³/mol. The lowest BCUT2D eigenvalue weighted by atomic mass is 9.79. The van der Waals surface area contributed by atoms with Crippen molar-refractivity contribution in [3.05, 3.63) is 282 Å². The number of fused-ring (bicyclic) bond motifs is 14. The third-order valence-electron chi connectivity index (χ3n) is 15.9. The average Bonchev–Trinajstić information content (AvgIpc) is 1.97. The van der Waals surface area contributed by atoms with Crippen LogP contribution in [0.15, 0.2) is 255 Å². The molecule has 0 fully saturated rings. The van der Waals surface area contributed by atoms with Gasteiger partial charge in [0.15, 0.2) is 0 Å². The zero-order chi connectivity index (χ0) is 55.1. The first-order valence-electron chi connectivity index (χ1n) is 27.8. The molecule has 9 heteroatoms. The second-order valence-electron chi connectivity index (χ2n) is 21.0. The van der Waals surface area contributed by atoms with Crippen molar-refractivity contribution in [2.75, 3.05) is 0 Å². The molecule has 84 heavy (non-hydrogen) atoms. The maximum atomic E-state index is 9.49. The van der Waals surface area contributed by atoms with Crippen LogP contribution in [-0.2, 0) is 25.7 Å². The number of benzene rings is 10. The molecule has 10 aromatic carbocycles. The Labute approximate surface area is 520 Å². The molecule has 2 aliphatic carbocycles. The Bertz CT molecular complexity index is 4570. The van der Waals surface area contributed by atoms with E-state index in [-0.39, 0.29) is 31.4 Å². The Morgan fingerprint density at radius 1 is 0.345 bits per heavy atom. The SMILES string of the molecule is C.Clc1ccc2c(c1)CCc1ccc3sc4ccccc4c3c1-2.I.OB(O)c1cc(-c2ccccc2)nc(-c2ccccc2)c1.c1ccc(-c2cc(-c3ccc4c(c3)CCc3ccc5sc6ccccc6c5c3-4)cc(-c3ccccc3)n2)cc1. The van der Waals surface area contributed by atoms with E-state index < -0.39 is 7.12 Å². The van der Waals surface area contributed by atoms with Crippen LogP contribution >= 0.6 is 58.3 Å². The van der Waals surface area contributed by atoms with Gasteiger partial charge in [0.25, 0.3) is 0 Å². The number of rotatable bonds is 6. The topological polar surface area (TPSA) is 66.2 Å². The van der Waals surface area contributed by atoms with Crippen molar-refractivity contribution in [1.29, 1.82) is 0 Å².